The van der Waals surface area contributed by atoms with E-state index in [1.807, 2.05) is 0 Å². The minimum Gasteiger partial charge on any atom is -0.467 e. The average Bonchev–Trinajstić information content (AvgIpc) is 2.55. The molecule has 23 heavy (non-hydrogen) atoms. The van der Waals surface area contributed by atoms with Crippen LogP contribution in [0.3, 0.4) is 0 Å². The zero-order chi connectivity index (χ0) is 17.4. The molecule has 1 atom stereocenters. The van der Waals surface area contributed by atoms with Crippen LogP contribution in [0.4, 0.5) is 8.78 Å². The SMILES string of the molecule is COC(=O)/C=C/C[C@@H](NC(=O)c1ccc(F)c(F)c1)C(=O)OC. The first-order chi connectivity index (χ1) is 10.9. The van der Waals surface area contributed by atoms with E-state index in [4.69, 9.17) is 0 Å². The summed E-state index contributed by atoms with van der Waals surface area (Å²) in [6.07, 6.45) is 2.36. The minimum atomic E-state index is -1.18. The molecule has 0 aliphatic carbocycles. The number of amides is 1. The fourth-order valence-electron chi connectivity index (χ4n) is 1.60. The van der Waals surface area contributed by atoms with Crippen LogP contribution in [0.1, 0.15) is 16.8 Å². The molecule has 1 aromatic carbocycles. The zero-order valence-electron chi connectivity index (χ0n) is 12.5. The molecule has 0 aliphatic heterocycles. The summed E-state index contributed by atoms with van der Waals surface area (Å²) in [5.74, 6) is -4.44. The van der Waals surface area contributed by atoms with Crippen molar-refractivity contribution in [2.45, 2.75) is 12.5 Å². The van der Waals surface area contributed by atoms with Crippen molar-refractivity contribution in [2.24, 2.45) is 0 Å². The third-order valence-corrected chi connectivity index (χ3v) is 2.80. The zero-order valence-corrected chi connectivity index (χ0v) is 12.5. The molecule has 0 fully saturated rings. The summed E-state index contributed by atoms with van der Waals surface area (Å²) in [7, 11) is 2.32. The molecule has 1 rings (SSSR count). The topological polar surface area (TPSA) is 81.7 Å². The number of benzene rings is 1. The van der Waals surface area contributed by atoms with Crippen molar-refractivity contribution in [2.75, 3.05) is 14.2 Å². The molecule has 1 aromatic rings. The number of methoxy groups -OCH3 is 2. The van der Waals surface area contributed by atoms with Gasteiger partial charge >= 0.3 is 11.9 Å². The second-order valence-electron chi connectivity index (χ2n) is 4.34. The van der Waals surface area contributed by atoms with E-state index < -0.39 is 35.5 Å². The summed E-state index contributed by atoms with van der Waals surface area (Å²) >= 11 is 0. The van der Waals surface area contributed by atoms with Gasteiger partial charge in [0.25, 0.3) is 5.91 Å². The first-order valence-corrected chi connectivity index (χ1v) is 6.47. The maximum absolute atomic E-state index is 13.1. The normalized spacial score (nSPS) is 11.8. The molecule has 0 aromatic heterocycles. The Morgan fingerprint density at radius 2 is 1.87 bits per heavy atom. The lowest BCUT2D eigenvalue weighted by molar-refractivity contribution is -0.143. The highest BCUT2D eigenvalue weighted by atomic mass is 19.2. The first kappa shape index (κ1) is 18.3. The average molecular weight is 327 g/mol. The number of carbonyl (C=O) groups is 3. The van der Waals surface area contributed by atoms with Gasteiger partial charge in [-0.25, -0.2) is 18.4 Å². The van der Waals surface area contributed by atoms with Gasteiger partial charge < -0.3 is 14.8 Å². The number of ether oxygens (including phenoxy) is 2. The molecule has 6 nitrogen and oxygen atoms in total. The van der Waals surface area contributed by atoms with E-state index in [1.165, 1.54) is 13.2 Å². The van der Waals surface area contributed by atoms with Crippen molar-refractivity contribution < 1.29 is 32.6 Å². The van der Waals surface area contributed by atoms with E-state index >= 15 is 0 Å². The second-order valence-corrected chi connectivity index (χ2v) is 4.34. The van der Waals surface area contributed by atoms with Crippen LogP contribution in [-0.4, -0.2) is 38.1 Å². The Labute approximate surface area is 131 Å². The van der Waals surface area contributed by atoms with Gasteiger partial charge in [-0.2, -0.15) is 0 Å². The van der Waals surface area contributed by atoms with Gasteiger partial charge in [-0.15, -0.1) is 0 Å². The summed E-state index contributed by atoms with van der Waals surface area (Å²) in [4.78, 5) is 34.5. The summed E-state index contributed by atoms with van der Waals surface area (Å²) in [6, 6.07) is 1.49. The molecule has 1 N–H and O–H groups in total. The fourth-order valence-corrected chi connectivity index (χ4v) is 1.60. The summed E-state index contributed by atoms with van der Waals surface area (Å²) in [6.45, 7) is 0. The standard InChI is InChI=1S/C15H15F2NO5/c1-22-13(19)5-3-4-12(15(21)23-2)18-14(20)9-6-7-10(16)11(17)8-9/h3,5-8,12H,4H2,1-2H3,(H,18,20)/b5-3+/t12-/m1/s1. The van der Waals surface area contributed by atoms with Gasteiger partial charge in [0.1, 0.15) is 6.04 Å². The monoisotopic (exact) mass is 327 g/mol. The van der Waals surface area contributed by atoms with Crippen LogP contribution in [0.2, 0.25) is 0 Å². The van der Waals surface area contributed by atoms with Gasteiger partial charge in [-0.3, -0.25) is 4.79 Å². The van der Waals surface area contributed by atoms with Gasteiger partial charge in [0.15, 0.2) is 11.6 Å². The number of rotatable bonds is 6. The lowest BCUT2D eigenvalue weighted by atomic mass is 10.1. The van der Waals surface area contributed by atoms with Gasteiger partial charge in [-0.05, 0) is 24.6 Å². The molecule has 0 spiro atoms. The van der Waals surface area contributed by atoms with E-state index in [2.05, 4.69) is 14.8 Å². The van der Waals surface area contributed by atoms with Crippen molar-refractivity contribution in [3.63, 3.8) is 0 Å². The van der Waals surface area contributed by atoms with Crippen LogP contribution in [0.5, 0.6) is 0 Å². The second kappa shape index (κ2) is 8.62. The van der Waals surface area contributed by atoms with Crippen LogP contribution in [0.25, 0.3) is 0 Å². The van der Waals surface area contributed by atoms with Crippen molar-refractivity contribution in [3.8, 4) is 0 Å². The van der Waals surface area contributed by atoms with Gasteiger partial charge in [0, 0.05) is 11.6 Å². The summed E-state index contributed by atoms with van der Waals surface area (Å²) in [5, 5.41) is 2.32. The smallest absolute Gasteiger partial charge is 0.330 e. The number of esters is 2. The van der Waals surface area contributed by atoms with Gasteiger partial charge in [0.05, 0.1) is 14.2 Å². The molecule has 0 heterocycles. The van der Waals surface area contributed by atoms with Crippen LogP contribution >= 0.6 is 0 Å². The largest absolute Gasteiger partial charge is 0.467 e. The highest BCUT2D eigenvalue weighted by Gasteiger charge is 2.21. The van der Waals surface area contributed by atoms with Crippen molar-refractivity contribution >= 4 is 17.8 Å². The number of halogens is 2. The lowest BCUT2D eigenvalue weighted by Crippen LogP contribution is -2.41. The van der Waals surface area contributed by atoms with E-state index in [1.54, 1.807) is 0 Å². The molecular formula is C15H15F2NO5. The number of hydrogen-bond acceptors (Lipinski definition) is 5. The minimum absolute atomic E-state index is 0.0445. The highest BCUT2D eigenvalue weighted by molar-refractivity contribution is 5.96. The molecule has 0 bridgehead atoms. The predicted molar refractivity (Wildman–Crippen MR) is 75.4 cm³/mol. The van der Waals surface area contributed by atoms with Crippen molar-refractivity contribution in [1.29, 1.82) is 0 Å². The Hall–Kier alpha value is -2.77. The van der Waals surface area contributed by atoms with E-state index in [9.17, 15) is 23.2 Å². The Bertz CT molecular complexity index is 630. The predicted octanol–water partition coefficient (Wildman–Crippen LogP) is 1.36. The van der Waals surface area contributed by atoms with Crippen LogP contribution in [-0.2, 0) is 19.1 Å². The fraction of sp³-hybridized carbons (Fsp3) is 0.267. The Morgan fingerprint density at radius 3 is 2.43 bits per heavy atom. The molecule has 0 aliphatic rings. The van der Waals surface area contributed by atoms with Gasteiger partial charge in [-0.1, -0.05) is 6.08 Å². The molecule has 124 valence electrons. The number of nitrogens with one attached hydrogen (secondary N) is 1. The lowest BCUT2D eigenvalue weighted by Gasteiger charge is -2.15. The van der Waals surface area contributed by atoms with E-state index in [0.29, 0.717) is 6.07 Å². The summed E-state index contributed by atoms with van der Waals surface area (Å²) < 4.78 is 34.9. The Morgan fingerprint density at radius 1 is 1.17 bits per heavy atom. The number of hydrogen-bond donors (Lipinski definition) is 1. The molecule has 0 radical (unpaired) electrons. The Balaban J connectivity index is 2.81. The molecule has 0 saturated heterocycles. The number of carbonyl (C=O) groups excluding carboxylic acids is 3. The maximum Gasteiger partial charge on any atom is 0.330 e. The maximum atomic E-state index is 13.1. The Kier molecular flexibility index (Phi) is 6.85. The highest BCUT2D eigenvalue weighted by Crippen LogP contribution is 2.09. The quantitative estimate of drug-likeness (QED) is 0.630. The molecule has 8 heteroatoms. The van der Waals surface area contributed by atoms with Crippen LogP contribution < -0.4 is 5.32 Å². The summed E-state index contributed by atoms with van der Waals surface area (Å²) in [5.41, 5.74) is -0.158. The third-order valence-electron chi connectivity index (χ3n) is 2.80. The van der Waals surface area contributed by atoms with E-state index in [0.717, 1.165) is 25.3 Å². The first-order valence-electron chi connectivity index (χ1n) is 6.47. The van der Waals surface area contributed by atoms with Crippen LogP contribution in [0, 0.1) is 11.6 Å². The van der Waals surface area contributed by atoms with Crippen molar-refractivity contribution in [1.82, 2.24) is 5.32 Å². The van der Waals surface area contributed by atoms with Crippen LogP contribution in [0.15, 0.2) is 30.4 Å². The van der Waals surface area contributed by atoms with E-state index in [-0.39, 0.29) is 12.0 Å². The van der Waals surface area contributed by atoms with Crippen molar-refractivity contribution in [3.05, 3.63) is 47.5 Å². The molecular weight excluding hydrogens is 312 g/mol. The molecule has 0 unspecified atom stereocenters. The third kappa shape index (κ3) is 5.50. The van der Waals surface area contributed by atoms with Gasteiger partial charge in [0.2, 0.25) is 0 Å². The molecule has 1 amide bonds. The molecule has 0 saturated carbocycles.